The summed E-state index contributed by atoms with van der Waals surface area (Å²) in [6, 6.07) is 0.168. The molecular weight excluding hydrogens is 258 g/mol. The maximum atomic E-state index is 11.1. The number of nitrogens with one attached hydrogen (secondary N) is 1. The molecule has 1 aromatic rings. The Balaban J connectivity index is 2.22. The second kappa shape index (κ2) is 5.22. The van der Waals surface area contributed by atoms with Crippen LogP contribution in [0.25, 0.3) is 0 Å². The fraction of sp³-hybridized carbons (Fsp3) is 0.692. The Hall–Kier alpha value is -1.92. The van der Waals surface area contributed by atoms with Crippen LogP contribution in [-0.4, -0.2) is 20.9 Å². The van der Waals surface area contributed by atoms with E-state index in [1.54, 1.807) is 0 Å². The molecule has 2 rings (SSSR count). The first kappa shape index (κ1) is 14.5. The molecular formula is C13H21N5O2. The van der Waals surface area contributed by atoms with Gasteiger partial charge in [-0.25, -0.2) is 9.97 Å². The summed E-state index contributed by atoms with van der Waals surface area (Å²) in [5.74, 6) is 0.697. The Bertz CT molecular complexity index is 517. The van der Waals surface area contributed by atoms with Crippen molar-refractivity contribution in [1.82, 2.24) is 9.97 Å². The lowest BCUT2D eigenvalue weighted by molar-refractivity contribution is -0.383. The summed E-state index contributed by atoms with van der Waals surface area (Å²) in [6.07, 6.45) is 4.35. The smallest absolute Gasteiger partial charge is 0.352 e. The average Bonchev–Trinajstić information content (AvgIpc) is 2.25. The molecule has 0 aliphatic heterocycles. The Labute approximate surface area is 118 Å². The standard InChI is InChI=1S/C13H21N5O2/c1-8-4-9(6-13(2,3)5-8)17-12-10(18(19)20)11(14)15-7-16-12/h7-9H,4-6H2,1-3H3,(H3,14,15,16,17)/t8-,9+/m1/s1. The van der Waals surface area contributed by atoms with Crippen molar-refractivity contribution in [2.75, 3.05) is 11.1 Å². The van der Waals surface area contributed by atoms with Crippen molar-refractivity contribution in [3.05, 3.63) is 16.4 Å². The topological polar surface area (TPSA) is 107 Å². The predicted octanol–water partition coefficient (Wildman–Crippen LogP) is 2.59. The predicted molar refractivity (Wildman–Crippen MR) is 77.3 cm³/mol. The molecule has 2 atom stereocenters. The molecule has 110 valence electrons. The van der Waals surface area contributed by atoms with Crippen LogP contribution < -0.4 is 11.1 Å². The molecule has 7 heteroatoms. The lowest BCUT2D eigenvalue weighted by atomic mass is 9.70. The van der Waals surface area contributed by atoms with Gasteiger partial charge in [0.1, 0.15) is 6.33 Å². The van der Waals surface area contributed by atoms with Crippen molar-refractivity contribution < 1.29 is 4.92 Å². The third-order valence-electron chi connectivity index (χ3n) is 3.76. The van der Waals surface area contributed by atoms with Crippen molar-refractivity contribution in [2.45, 2.75) is 46.1 Å². The molecule has 1 heterocycles. The van der Waals surface area contributed by atoms with Gasteiger partial charge >= 0.3 is 5.69 Å². The fourth-order valence-electron chi connectivity index (χ4n) is 3.33. The van der Waals surface area contributed by atoms with Crippen LogP contribution in [0.4, 0.5) is 17.3 Å². The van der Waals surface area contributed by atoms with Gasteiger partial charge in [-0.1, -0.05) is 20.8 Å². The van der Waals surface area contributed by atoms with Crippen LogP contribution in [0.1, 0.15) is 40.0 Å². The van der Waals surface area contributed by atoms with Gasteiger partial charge in [-0.15, -0.1) is 0 Å². The van der Waals surface area contributed by atoms with E-state index in [0.717, 1.165) is 12.8 Å². The average molecular weight is 279 g/mol. The Kier molecular flexibility index (Phi) is 3.78. The van der Waals surface area contributed by atoms with Gasteiger partial charge in [0.15, 0.2) is 0 Å². The molecule has 0 unspecified atom stereocenters. The first-order valence-corrected chi connectivity index (χ1v) is 6.80. The van der Waals surface area contributed by atoms with Crippen LogP contribution in [0.2, 0.25) is 0 Å². The number of hydrogen-bond donors (Lipinski definition) is 2. The van der Waals surface area contributed by atoms with Gasteiger partial charge in [0.2, 0.25) is 11.6 Å². The first-order valence-electron chi connectivity index (χ1n) is 6.80. The van der Waals surface area contributed by atoms with Gasteiger partial charge in [-0.2, -0.15) is 0 Å². The highest BCUT2D eigenvalue weighted by Gasteiger charge is 2.33. The maximum Gasteiger partial charge on any atom is 0.352 e. The Morgan fingerprint density at radius 2 is 2.15 bits per heavy atom. The van der Waals surface area contributed by atoms with E-state index in [9.17, 15) is 10.1 Å². The zero-order chi connectivity index (χ0) is 14.9. The minimum Gasteiger partial charge on any atom is -0.378 e. The summed E-state index contributed by atoms with van der Waals surface area (Å²) in [6.45, 7) is 6.65. The molecule has 1 fully saturated rings. The van der Waals surface area contributed by atoms with E-state index < -0.39 is 4.92 Å². The number of anilines is 2. The minimum atomic E-state index is -0.533. The van der Waals surface area contributed by atoms with E-state index in [1.807, 2.05) is 0 Å². The van der Waals surface area contributed by atoms with E-state index in [4.69, 9.17) is 5.73 Å². The van der Waals surface area contributed by atoms with Gasteiger partial charge in [0.25, 0.3) is 0 Å². The summed E-state index contributed by atoms with van der Waals surface area (Å²) in [5, 5.41) is 14.3. The van der Waals surface area contributed by atoms with Crippen LogP contribution in [0, 0.1) is 21.4 Å². The van der Waals surface area contributed by atoms with Gasteiger partial charge < -0.3 is 11.1 Å². The van der Waals surface area contributed by atoms with Crippen molar-refractivity contribution in [3.8, 4) is 0 Å². The zero-order valence-corrected chi connectivity index (χ0v) is 12.1. The first-order chi connectivity index (χ1) is 9.28. The quantitative estimate of drug-likeness (QED) is 0.650. The second-order valence-corrected chi connectivity index (χ2v) is 6.47. The number of nitrogens with zero attached hydrogens (tertiary/aromatic N) is 3. The lowest BCUT2D eigenvalue weighted by Crippen LogP contribution is -2.36. The summed E-state index contributed by atoms with van der Waals surface area (Å²) in [7, 11) is 0. The van der Waals surface area contributed by atoms with Gasteiger partial charge in [-0.3, -0.25) is 10.1 Å². The van der Waals surface area contributed by atoms with E-state index in [-0.39, 0.29) is 28.8 Å². The number of nitro groups is 1. The molecule has 0 amide bonds. The highest BCUT2D eigenvalue weighted by atomic mass is 16.6. The minimum absolute atomic E-state index is 0.101. The van der Waals surface area contributed by atoms with Crippen LogP contribution >= 0.6 is 0 Å². The number of aromatic nitrogens is 2. The molecule has 1 aromatic heterocycles. The Morgan fingerprint density at radius 1 is 1.45 bits per heavy atom. The third-order valence-corrected chi connectivity index (χ3v) is 3.76. The van der Waals surface area contributed by atoms with E-state index in [2.05, 4.69) is 36.1 Å². The van der Waals surface area contributed by atoms with Crippen LogP contribution in [0.5, 0.6) is 0 Å². The maximum absolute atomic E-state index is 11.1. The molecule has 3 N–H and O–H groups in total. The van der Waals surface area contributed by atoms with Gasteiger partial charge in [0.05, 0.1) is 4.92 Å². The zero-order valence-electron chi connectivity index (χ0n) is 12.1. The highest BCUT2D eigenvalue weighted by Crippen LogP contribution is 2.40. The fourth-order valence-corrected chi connectivity index (χ4v) is 3.33. The lowest BCUT2D eigenvalue weighted by Gasteiger charge is -2.39. The van der Waals surface area contributed by atoms with Crippen molar-refractivity contribution in [3.63, 3.8) is 0 Å². The molecule has 0 saturated heterocycles. The second-order valence-electron chi connectivity index (χ2n) is 6.47. The molecule has 20 heavy (non-hydrogen) atoms. The van der Waals surface area contributed by atoms with E-state index in [0.29, 0.717) is 5.92 Å². The molecule has 1 aliphatic carbocycles. The normalized spacial score (nSPS) is 25.1. The van der Waals surface area contributed by atoms with Crippen molar-refractivity contribution >= 4 is 17.3 Å². The number of rotatable bonds is 3. The Morgan fingerprint density at radius 3 is 2.75 bits per heavy atom. The third kappa shape index (κ3) is 3.15. The molecule has 0 radical (unpaired) electrons. The van der Waals surface area contributed by atoms with Crippen molar-refractivity contribution in [2.24, 2.45) is 11.3 Å². The van der Waals surface area contributed by atoms with Crippen LogP contribution in [0.15, 0.2) is 6.33 Å². The van der Waals surface area contributed by atoms with Crippen LogP contribution in [-0.2, 0) is 0 Å². The van der Waals surface area contributed by atoms with Gasteiger partial charge in [0, 0.05) is 6.04 Å². The van der Waals surface area contributed by atoms with E-state index in [1.165, 1.54) is 12.7 Å². The summed E-state index contributed by atoms with van der Waals surface area (Å²) >= 11 is 0. The number of nitrogen functional groups attached to an aromatic ring is 1. The summed E-state index contributed by atoms with van der Waals surface area (Å²) in [5.41, 5.74) is 5.57. The SMILES string of the molecule is C[C@@H]1C[C@H](Nc2ncnc(N)c2[N+](=O)[O-])CC(C)(C)C1. The van der Waals surface area contributed by atoms with Crippen LogP contribution in [0.3, 0.4) is 0 Å². The number of nitrogens with two attached hydrogens (primary N) is 1. The van der Waals surface area contributed by atoms with E-state index >= 15 is 0 Å². The van der Waals surface area contributed by atoms with Crippen molar-refractivity contribution in [1.29, 1.82) is 0 Å². The molecule has 1 aliphatic rings. The molecule has 7 nitrogen and oxygen atoms in total. The largest absolute Gasteiger partial charge is 0.378 e. The molecule has 0 spiro atoms. The molecule has 1 saturated carbocycles. The van der Waals surface area contributed by atoms with Gasteiger partial charge in [-0.05, 0) is 30.6 Å². The highest BCUT2D eigenvalue weighted by molar-refractivity contribution is 5.67. The summed E-state index contributed by atoms with van der Waals surface area (Å²) < 4.78 is 0. The molecule has 0 bridgehead atoms. The molecule has 0 aromatic carbocycles. The number of hydrogen-bond acceptors (Lipinski definition) is 6. The monoisotopic (exact) mass is 279 g/mol. The summed E-state index contributed by atoms with van der Waals surface area (Å²) in [4.78, 5) is 18.2.